The summed E-state index contributed by atoms with van der Waals surface area (Å²) in [6, 6.07) is 7.42. The van der Waals surface area contributed by atoms with Crippen molar-refractivity contribution in [3.05, 3.63) is 30.5 Å². The highest BCUT2D eigenvalue weighted by atomic mass is 32.2. The van der Waals surface area contributed by atoms with Gasteiger partial charge in [-0.15, -0.1) is 5.10 Å². The molecule has 0 aliphatic carbocycles. The fourth-order valence-corrected chi connectivity index (χ4v) is 3.29. The molecule has 9 heteroatoms. The Morgan fingerprint density at radius 1 is 1.35 bits per heavy atom. The molecule has 0 unspecified atom stereocenters. The van der Waals surface area contributed by atoms with Crippen LogP contribution in [-0.2, 0) is 10.0 Å². The molecule has 0 spiro atoms. The Morgan fingerprint density at radius 3 is 2.75 bits per heavy atom. The number of nitrogens with two attached hydrogens (primary N) is 1. The molecule has 2 N–H and O–H groups in total. The van der Waals surface area contributed by atoms with Crippen molar-refractivity contribution in [2.24, 2.45) is 5.14 Å². The van der Waals surface area contributed by atoms with Gasteiger partial charge in [-0.2, -0.15) is 0 Å². The molecule has 0 aliphatic rings. The Labute approximate surface area is 118 Å². The molecule has 0 fully saturated rings. The Bertz CT molecular complexity index is 851. The Morgan fingerprint density at radius 2 is 2.10 bits per heavy atom. The number of nitrogens with zero attached hydrogens (tertiary/aromatic N) is 3. The molecule has 3 rings (SSSR count). The minimum absolute atomic E-state index is 0.161. The zero-order chi connectivity index (χ0) is 14.3. The molecule has 0 atom stereocenters. The molecule has 3 aromatic rings. The van der Waals surface area contributed by atoms with Crippen molar-refractivity contribution in [1.82, 2.24) is 14.6 Å². The number of hydrogen-bond acceptors (Lipinski definition) is 6. The highest BCUT2D eigenvalue weighted by Gasteiger charge is 2.18. The minimum atomic E-state index is -3.80. The number of sulfonamides is 1. The molecular weight excluding hydrogens is 300 g/mol. The third-order valence-electron chi connectivity index (χ3n) is 2.65. The van der Waals surface area contributed by atoms with Gasteiger partial charge in [0.25, 0.3) is 10.0 Å². The van der Waals surface area contributed by atoms with Gasteiger partial charge in [0.1, 0.15) is 5.75 Å². The van der Waals surface area contributed by atoms with Gasteiger partial charge in [-0.25, -0.2) is 23.1 Å². The zero-order valence-corrected chi connectivity index (χ0v) is 12.0. The lowest BCUT2D eigenvalue weighted by molar-refractivity contribution is 0.416. The highest BCUT2D eigenvalue weighted by molar-refractivity contribution is 7.91. The second-order valence-electron chi connectivity index (χ2n) is 3.97. The van der Waals surface area contributed by atoms with Crippen LogP contribution < -0.4 is 9.88 Å². The third kappa shape index (κ3) is 2.15. The fourth-order valence-electron chi connectivity index (χ4n) is 1.78. The van der Waals surface area contributed by atoms with Gasteiger partial charge in [0.15, 0.2) is 0 Å². The lowest BCUT2D eigenvalue weighted by Gasteiger charge is -2.04. The number of imidazole rings is 1. The largest absolute Gasteiger partial charge is 0.496 e. The van der Waals surface area contributed by atoms with Gasteiger partial charge >= 0.3 is 0 Å². The summed E-state index contributed by atoms with van der Waals surface area (Å²) < 4.78 is 28.9. The van der Waals surface area contributed by atoms with Gasteiger partial charge in [-0.1, -0.05) is 23.5 Å². The van der Waals surface area contributed by atoms with Crippen LogP contribution in [0.3, 0.4) is 0 Å². The molecule has 0 aliphatic heterocycles. The van der Waals surface area contributed by atoms with E-state index in [1.165, 1.54) is 4.52 Å². The van der Waals surface area contributed by atoms with Crippen LogP contribution in [0.2, 0.25) is 0 Å². The number of rotatable bonds is 3. The second kappa shape index (κ2) is 4.54. The maximum atomic E-state index is 11.2. The Balaban J connectivity index is 2.13. The molecule has 0 saturated heterocycles. The lowest BCUT2D eigenvalue weighted by Crippen LogP contribution is -2.12. The molecule has 0 amide bonds. The van der Waals surface area contributed by atoms with Crippen LogP contribution in [0.25, 0.3) is 16.2 Å². The van der Waals surface area contributed by atoms with E-state index in [1.807, 2.05) is 24.3 Å². The maximum Gasteiger partial charge on any atom is 0.267 e. The van der Waals surface area contributed by atoms with Crippen molar-refractivity contribution in [3.8, 4) is 17.0 Å². The molecule has 2 aromatic heterocycles. The van der Waals surface area contributed by atoms with Crippen LogP contribution >= 0.6 is 11.3 Å². The smallest absolute Gasteiger partial charge is 0.267 e. The molecule has 0 saturated carbocycles. The van der Waals surface area contributed by atoms with Gasteiger partial charge in [-0.05, 0) is 12.1 Å². The van der Waals surface area contributed by atoms with E-state index in [2.05, 4.69) is 10.1 Å². The molecule has 104 valence electrons. The monoisotopic (exact) mass is 310 g/mol. The Hall–Kier alpha value is -1.97. The second-order valence-corrected chi connectivity index (χ2v) is 6.66. The maximum absolute atomic E-state index is 11.2. The summed E-state index contributed by atoms with van der Waals surface area (Å²) in [4.78, 5) is 4.80. The van der Waals surface area contributed by atoms with Crippen molar-refractivity contribution >= 4 is 26.3 Å². The van der Waals surface area contributed by atoms with E-state index < -0.39 is 10.0 Å². The number of fused-ring (bicyclic) bond motifs is 1. The van der Waals surface area contributed by atoms with Crippen LogP contribution in [0.4, 0.5) is 0 Å². The summed E-state index contributed by atoms with van der Waals surface area (Å²) in [7, 11) is -2.23. The number of primary sulfonamides is 1. The average molecular weight is 310 g/mol. The van der Waals surface area contributed by atoms with Crippen molar-refractivity contribution in [2.75, 3.05) is 7.11 Å². The lowest BCUT2D eigenvalue weighted by atomic mass is 10.1. The summed E-state index contributed by atoms with van der Waals surface area (Å²) in [5.41, 5.74) is 1.46. The molecular formula is C11H10N4O3S2. The van der Waals surface area contributed by atoms with Crippen LogP contribution in [0.5, 0.6) is 5.75 Å². The highest BCUT2D eigenvalue weighted by Crippen LogP contribution is 2.30. The van der Waals surface area contributed by atoms with E-state index >= 15 is 0 Å². The molecule has 20 heavy (non-hydrogen) atoms. The Kier molecular flexibility index (Phi) is 2.96. The SMILES string of the molecule is COc1ccccc1-c1cn2nc(S(N)(=O)=O)sc2n1. The predicted octanol–water partition coefficient (Wildman–Crippen LogP) is 1.11. The van der Waals surface area contributed by atoms with E-state index in [4.69, 9.17) is 9.88 Å². The molecule has 0 bridgehead atoms. The molecule has 0 radical (unpaired) electrons. The van der Waals surface area contributed by atoms with Gasteiger partial charge in [0, 0.05) is 5.56 Å². The number of para-hydroxylation sites is 1. The number of methoxy groups -OCH3 is 1. The number of hydrogen-bond donors (Lipinski definition) is 1. The number of aromatic nitrogens is 3. The summed E-state index contributed by atoms with van der Waals surface area (Å²) >= 11 is 0.920. The first kappa shape index (κ1) is 13.0. The van der Waals surface area contributed by atoms with Gasteiger partial charge in [0.05, 0.1) is 19.0 Å². The fraction of sp³-hybridized carbons (Fsp3) is 0.0909. The van der Waals surface area contributed by atoms with Gasteiger partial charge in [-0.3, -0.25) is 0 Å². The van der Waals surface area contributed by atoms with Crippen LogP contribution in [0.15, 0.2) is 34.8 Å². The van der Waals surface area contributed by atoms with Crippen molar-refractivity contribution in [3.63, 3.8) is 0 Å². The summed E-state index contributed by atoms with van der Waals surface area (Å²) in [5, 5.41) is 8.94. The van der Waals surface area contributed by atoms with Gasteiger partial charge in [0.2, 0.25) is 9.30 Å². The summed E-state index contributed by atoms with van der Waals surface area (Å²) in [6.45, 7) is 0. The number of benzene rings is 1. The predicted molar refractivity (Wildman–Crippen MR) is 74.2 cm³/mol. The first-order valence-corrected chi connectivity index (χ1v) is 7.88. The standard InChI is InChI=1S/C11H10N4O3S2/c1-18-9-5-3-2-4-7(9)8-6-15-10(13-8)19-11(14-15)20(12,16)17/h2-6H,1H3,(H2,12,16,17). The normalized spacial score (nSPS) is 11.9. The average Bonchev–Trinajstić information content (AvgIpc) is 2.96. The molecule has 1 aromatic carbocycles. The zero-order valence-electron chi connectivity index (χ0n) is 10.3. The summed E-state index contributed by atoms with van der Waals surface area (Å²) in [6.07, 6.45) is 1.64. The first-order chi connectivity index (χ1) is 9.49. The van der Waals surface area contributed by atoms with Crippen molar-refractivity contribution in [1.29, 1.82) is 0 Å². The summed E-state index contributed by atoms with van der Waals surface area (Å²) in [5.74, 6) is 0.685. The van der Waals surface area contributed by atoms with Crippen LogP contribution in [0.1, 0.15) is 0 Å². The molecule has 7 nitrogen and oxygen atoms in total. The molecule has 2 heterocycles. The van der Waals surface area contributed by atoms with Crippen LogP contribution in [0, 0.1) is 0 Å². The minimum Gasteiger partial charge on any atom is -0.496 e. The van der Waals surface area contributed by atoms with E-state index in [1.54, 1.807) is 13.3 Å². The van der Waals surface area contributed by atoms with Gasteiger partial charge < -0.3 is 4.74 Å². The van der Waals surface area contributed by atoms with E-state index in [0.717, 1.165) is 16.9 Å². The van der Waals surface area contributed by atoms with E-state index in [0.29, 0.717) is 16.4 Å². The van der Waals surface area contributed by atoms with Crippen molar-refractivity contribution in [2.45, 2.75) is 4.34 Å². The van der Waals surface area contributed by atoms with E-state index in [9.17, 15) is 8.42 Å². The van der Waals surface area contributed by atoms with Crippen molar-refractivity contribution < 1.29 is 13.2 Å². The first-order valence-electron chi connectivity index (χ1n) is 5.51. The quantitative estimate of drug-likeness (QED) is 0.781. The third-order valence-corrected chi connectivity index (χ3v) is 4.88. The topological polar surface area (TPSA) is 99.6 Å². The number of ether oxygens (including phenoxy) is 1. The van der Waals surface area contributed by atoms with Crippen LogP contribution in [-0.4, -0.2) is 30.1 Å². The van der Waals surface area contributed by atoms with E-state index in [-0.39, 0.29) is 4.34 Å².